The molecule has 0 bridgehead atoms. The van der Waals surface area contributed by atoms with Crippen LogP contribution in [0, 0.1) is 28.8 Å². The number of furan rings is 1. The minimum atomic E-state index is -1.70. The summed E-state index contributed by atoms with van der Waals surface area (Å²) < 4.78 is 45.5. The molecule has 0 radical (unpaired) electrons. The Morgan fingerprint density at radius 2 is 1.72 bits per heavy atom. The summed E-state index contributed by atoms with van der Waals surface area (Å²) in [6.45, 7) is 0. The van der Waals surface area contributed by atoms with Crippen molar-refractivity contribution in [3.63, 3.8) is 0 Å². The number of halogens is 3. The molecule has 1 heterocycles. The first-order valence-electron chi connectivity index (χ1n) is 5.03. The number of fused-ring (bicyclic) bond motifs is 3. The topological polar surface area (TPSA) is 36.9 Å². The Morgan fingerprint density at radius 1 is 1.00 bits per heavy atom. The third-order valence-corrected chi connectivity index (χ3v) is 2.76. The smallest absolute Gasteiger partial charge is 0.205 e. The van der Waals surface area contributed by atoms with Crippen LogP contribution in [-0.2, 0) is 0 Å². The van der Waals surface area contributed by atoms with Gasteiger partial charge in [0.1, 0.15) is 17.2 Å². The SMILES string of the molecule is N#Cc1c(F)c(F)c(F)c2oc3ccccc3c12. The minimum absolute atomic E-state index is 0.0375. The number of benzene rings is 2. The zero-order valence-corrected chi connectivity index (χ0v) is 8.80. The fraction of sp³-hybridized carbons (Fsp3) is 0. The van der Waals surface area contributed by atoms with Gasteiger partial charge in [0.25, 0.3) is 0 Å². The van der Waals surface area contributed by atoms with Crippen LogP contribution < -0.4 is 0 Å². The summed E-state index contributed by atoms with van der Waals surface area (Å²) in [4.78, 5) is 0. The maximum Gasteiger partial charge on any atom is 0.205 e. The molecule has 3 aromatic rings. The largest absolute Gasteiger partial charge is 0.453 e. The highest BCUT2D eigenvalue weighted by atomic mass is 19.2. The molecule has 1 aromatic heterocycles. The van der Waals surface area contributed by atoms with Crippen molar-refractivity contribution in [1.82, 2.24) is 0 Å². The van der Waals surface area contributed by atoms with Crippen LogP contribution in [0.1, 0.15) is 5.56 Å². The standard InChI is InChI=1S/C13H4F3NO/c14-10-7(5-17)9-6-3-1-2-4-8(6)18-13(9)12(16)11(10)15/h1-4H. The van der Waals surface area contributed by atoms with Crippen LogP contribution in [0.3, 0.4) is 0 Å². The maximum atomic E-state index is 13.6. The normalized spacial score (nSPS) is 11.0. The van der Waals surface area contributed by atoms with Crippen molar-refractivity contribution in [3.8, 4) is 6.07 Å². The van der Waals surface area contributed by atoms with Gasteiger partial charge in [0, 0.05) is 5.39 Å². The van der Waals surface area contributed by atoms with Gasteiger partial charge < -0.3 is 4.42 Å². The van der Waals surface area contributed by atoms with Crippen molar-refractivity contribution < 1.29 is 17.6 Å². The van der Waals surface area contributed by atoms with Gasteiger partial charge in [0.2, 0.25) is 5.82 Å². The summed E-state index contributed by atoms with van der Waals surface area (Å²) in [5, 5.41) is 9.23. The van der Waals surface area contributed by atoms with Crippen LogP contribution >= 0.6 is 0 Å². The number of rotatable bonds is 0. The lowest BCUT2D eigenvalue weighted by atomic mass is 10.1. The van der Waals surface area contributed by atoms with E-state index in [9.17, 15) is 13.2 Å². The summed E-state index contributed by atoms with van der Waals surface area (Å²) in [5.74, 6) is -4.61. The molecule has 0 unspecified atom stereocenters. The lowest BCUT2D eigenvalue weighted by molar-refractivity contribution is 0.443. The summed E-state index contributed by atoms with van der Waals surface area (Å²) in [7, 11) is 0. The first-order valence-corrected chi connectivity index (χ1v) is 5.03. The van der Waals surface area contributed by atoms with Crippen LogP contribution in [0.15, 0.2) is 28.7 Å². The van der Waals surface area contributed by atoms with E-state index in [1.165, 1.54) is 6.07 Å². The zero-order chi connectivity index (χ0) is 12.9. The Morgan fingerprint density at radius 3 is 2.44 bits per heavy atom. The lowest BCUT2D eigenvalue weighted by Crippen LogP contribution is -1.96. The van der Waals surface area contributed by atoms with Gasteiger partial charge >= 0.3 is 0 Å². The molecule has 0 N–H and O–H groups in total. The molecule has 0 aliphatic carbocycles. The second-order valence-corrected chi connectivity index (χ2v) is 3.73. The number of para-hydroxylation sites is 1. The number of hydrogen-bond donors (Lipinski definition) is 0. The van der Waals surface area contributed by atoms with Crippen LogP contribution in [0.2, 0.25) is 0 Å². The van der Waals surface area contributed by atoms with E-state index in [0.29, 0.717) is 5.39 Å². The monoisotopic (exact) mass is 247 g/mol. The third kappa shape index (κ3) is 1.17. The average Bonchev–Trinajstić information content (AvgIpc) is 2.77. The molecule has 0 aliphatic heterocycles. The second kappa shape index (κ2) is 3.50. The van der Waals surface area contributed by atoms with Crippen LogP contribution in [0.5, 0.6) is 0 Å². The van der Waals surface area contributed by atoms with E-state index in [-0.39, 0.29) is 11.0 Å². The molecule has 0 saturated carbocycles. The van der Waals surface area contributed by atoms with Crippen molar-refractivity contribution in [3.05, 3.63) is 47.3 Å². The van der Waals surface area contributed by atoms with Crippen molar-refractivity contribution in [2.75, 3.05) is 0 Å². The Bertz CT molecular complexity index is 830. The zero-order valence-electron chi connectivity index (χ0n) is 8.80. The van der Waals surface area contributed by atoms with E-state index in [1.807, 2.05) is 0 Å². The first kappa shape index (κ1) is 10.7. The Hall–Kier alpha value is -2.48. The predicted molar refractivity (Wildman–Crippen MR) is 58.3 cm³/mol. The molecular formula is C13H4F3NO. The van der Waals surface area contributed by atoms with Crippen LogP contribution in [0.4, 0.5) is 13.2 Å². The number of hydrogen-bond acceptors (Lipinski definition) is 2. The summed E-state index contributed by atoms with van der Waals surface area (Å²) in [6, 6.07) is 7.91. The quantitative estimate of drug-likeness (QED) is 0.565. The fourth-order valence-corrected chi connectivity index (χ4v) is 1.97. The molecule has 18 heavy (non-hydrogen) atoms. The fourth-order valence-electron chi connectivity index (χ4n) is 1.97. The molecule has 0 spiro atoms. The summed E-state index contributed by atoms with van der Waals surface area (Å²) in [5.41, 5.74) is -0.714. The average molecular weight is 247 g/mol. The Kier molecular flexibility index (Phi) is 2.08. The molecule has 0 saturated heterocycles. The van der Waals surface area contributed by atoms with E-state index < -0.39 is 28.6 Å². The van der Waals surface area contributed by atoms with E-state index >= 15 is 0 Å². The highest BCUT2D eigenvalue weighted by Crippen LogP contribution is 2.35. The highest BCUT2D eigenvalue weighted by Gasteiger charge is 2.24. The van der Waals surface area contributed by atoms with Gasteiger partial charge in [0.05, 0.1) is 5.39 Å². The van der Waals surface area contributed by atoms with E-state index in [0.717, 1.165) is 0 Å². The van der Waals surface area contributed by atoms with Crippen molar-refractivity contribution in [1.29, 1.82) is 5.26 Å². The number of nitrogens with zero attached hydrogens (tertiary/aromatic N) is 1. The molecule has 0 atom stereocenters. The third-order valence-electron chi connectivity index (χ3n) is 2.76. The Labute approximate surface area is 98.8 Å². The number of nitriles is 1. The first-order chi connectivity index (χ1) is 8.65. The lowest BCUT2D eigenvalue weighted by Gasteiger charge is -1.99. The van der Waals surface area contributed by atoms with Crippen molar-refractivity contribution >= 4 is 21.9 Å². The molecule has 0 fully saturated rings. The molecule has 2 aromatic carbocycles. The van der Waals surface area contributed by atoms with E-state index in [2.05, 4.69) is 0 Å². The van der Waals surface area contributed by atoms with Gasteiger partial charge in [-0.3, -0.25) is 0 Å². The van der Waals surface area contributed by atoms with Crippen LogP contribution in [0.25, 0.3) is 21.9 Å². The molecule has 0 aliphatic rings. The van der Waals surface area contributed by atoms with E-state index in [4.69, 9.17) is 9.68 Å². The second-order valence-electron chi connectivity index (χ2n) is 3.73. The molecule has 3 rings (SSSR count). The highest BCUT2D eigenvalue weighted by molar-refractivity contribution is 6.08. The summed E-state index contributed by atoms with van der Waals surface area (Å²) >= 11 is 0. The van der Waals surface area contributed by atoms with Gasteiger partial charge in [-0.25, -0.2) is 8.78 Å². The van der Waals surface area contributed by atoms with Crippen molar-refractivity contribution in [2.24, 2.45) is 0 Å². The predicted octanol–water partition coefficient (Wildman–Crippen LogP) is 3.87. The van der Waals surface area contributed by atoms with Gasteiger partial charge in [-0.2, -0.15) is 9.65 Å². The Balaban J connectivity index is 2.70. The van der Waals surface area contributed by atoms with Gasteiger partial charge in [-0.05, 0) is 6.07 Å². The van der Waals surface area contributed by atoms with Gasteiger partial charge in [-0.1, -0.05) is 18.2 Å². The minimum Gasteiger partial charge on any atom is -0.453 e. The van der Waals surface area contributed by atoms with E-state index in [1.54, 1.807) is 24.3 Å². The molecule has 88 valence electrons. The molecule has 2 nitrogen and oxygen atoms in total. The molecule has 0 amide bonds. The molecule has 5 heteroatoms. The van der Waals surface area contributed by atoms with Gasteiger partial charge in [-0.15, -0.1) is 0 Å². The van der Waals surface area contributed by atoms with Crippen LogP contribution in [-0.4, -0.2) is 0 Å². The molecular weight excluding hydrogens is 243 g/mol. The van der Waals surface area contributed by atoms with Gasteiger partial charge in [0.15, 0.2) is 17.2 Å². The van der Waals surface area contributed by atoms with Crippen molar-refractivity contribution in [2.45, 2.75) is 0 Å². The summed E-state index contributed by atoms with van der Waals surface area (Å²) in [6.07, 6.45) is 0. The maximum absolute atomic E-state index is 13.6.